The quantitative estimate of drug-likeness (QED) is 0.643. The minimum atomic E-state index is -0.360. The van der Waals surface area contributed by atoms with Crippen molar-refractivity contribution >= 4 is 5.91 Å². The summed E-state index contributed by atoms with van der Waals surface area (Å²) in [7, 11) is 1.60. The van der Waals surface area contributed by atoms with Gasteiger partial charge in [0.05, 0.1) is 5.60 Å². The van der Waals surface area contributed by atoms with Crippen LogP contribution in [0.4, 0.5) is 0 Å². The average Bonchev–Trinajstić information content (AvgIpc) is 2.00. The largest absolute Gasteiger partial charge is 0.372 e. The van der Waals surface area contributed by atoms with E-state index in [1.54, 1.807) is 13.1 Å². The molecule has 0 heterocycles. The Bertz CT molecular complexity index is 173. The van der Waals surface area contributed by atoms with Crippen molar-refractivity contribution in [1.82, 2.24) is 5.32 Å². The third-order valence-electron chi connectivity index (χ3n) is 1.40. The fraction of sp³-hybridized carbons (Fsp3) is 0.667. The van der Waals surface area contributed by atoms with Gasteiger partial charge in [0.1, 0.15) is 0 Å². The summed E-state index contributed by atoms with van der Waals surface area (Å²) in [5.41, 5.74) is -0.360. The number of hydrogen-bond acceptors (Lipinski definition) is 2. The molecule has 0 aromatic heterocycles. The molecule has 0 rings (SSSR count). The molecule has 0 spiro atoms. The molecule has 0 unspecified atom stereocenters. The number of ether oxygens (including phenoxy) is 1. The Morgan fingerprint density at radius 2 is 2.17 bits per heavy atom. The molecule has 3 nitrogen and oxygen atoms in total. The maximum absolute atomic E-state index is 10.8. The summed E-state index contributed by atoms with van der Waals surface area (Å²) in [6, 6.07) is 0. The maximum atomic E-state index is 10.8. The molecule has 0 bridgehead atoms. The van der Waals surface area contributed by atoms with Crippen LogP contribution in [0.15, 0.2) is 12.2 Å². The van der Waals surface area contributed by atoms with E-state index in [-0.39, 0.29) is 11.5 Å². The number of nitrogens with one attached hydrogen (secondary N) is 1. The molecular weight excluding hydrogens is 154 g/mol. The minimum absolute atomic E-state index is 0.109. The Morgan fingerprint density at radius 1 is 1.58 bits per heavy atom. The molecule has 0 aromatic rings. The first kappa shape index (κ1) is 11.2. The van der Waals surface area contributed by atoms with E-state index in [0.29, 0.717) is 6.61 Å². The van der Waals surface area contributed by atoms with Crippen LogP contribution in [0.2, 0.25) is 0 Å². The van der Waals surface area contributed by atoms with Gasteiger partial charge in [-0.05, 0) is 26.8 Å². The molecule has 0 aliphatic rings. The molecule has 12 heavy (non-hydrogen) atoms. The Balaban J connectivity index is 4.03. The van der Waals surface area contributed by atoms with Crippen LogP contribution < -0.4 is 5.32 Å². The van der Waals surface area contributed by atoms with Crippen molar-refractivity contribution in [2.24, 2.45) is 0 Å². The molecule has 1 N–H and O–H groups in total. The fourth-order valence-corrected chi connectivity index (χ4v) is 0.780. The second kappa shape index (κ2) is 4.93. The smallest absolute Gasteiger partial charge is 0.243 e. The molecule has 70 valence electrons. The third kappa shape index (κ3) is 4.91. The Labute approximate surface area is 73.8 Å². The summed E-state index contributed by atoms with van der Waals surface area (Å²) >= 11 is 0. The molecule has 0 atom stereocenters. The van der Waals surface area contributed by atoms with Gasteiger partial charge in [-0.15, -0.1) is 0 Å². The van der Waals surface area contributed by atoms with Crippen LogP contribution in [0.5, 0.6) is 0 Å². The van der Waals surface area contributed by atoms with Crippen LogP contribution in [-0.2, 0) is 9.53 Å². The number of rotatable bonds is 4. The van der Waals surface area contributed by atoms with E-state index in [2.05, 4.69) is 5.32 Å². The monoisotopic (exact) mass is 171 g/mol. The SMILES string of the molecule is CCOC(C)(C)/C=C/C(=O)NC. The summed E-state index contributed by atoms with van der Waals surface area (Å²) in [6.07, 6.45) is 3.23. The van der Waals surface area contributed by atoms with E-state index in [4.69, 9.17) is 4.74 Å². The molecule has 0 saturated carbocycles. The maximum Gasteiger partial charge on any atom is 0.243 e. The Hall–Kier alpha value is -0.830. The van der Waals surface area contributed by atoms with Crippen LogP contribution in [-0.4, -0.2) is 25.2 Å². The number of carbonyl (C=O) groups excluding carboxylic acids is 1. The third-order valence-corrected chi connectivity index (χ3v) is 1.40. The molecule has 0 radical (unpaired) electrons. The normalized spacial score (nSPS) is 12.0. The Kier molecular flexibility index (Phi) is 4.59. The minimum Gasteiger partial charge on any atom is -0.372 e. The van der Waals surface area contributed by atoms with E-state index in [1.165, 1.54) is 6.08 Å². The lowest BCUT2D eigenvalue weighted by molar-refractivity contribution is -0.116. The van der Waals surface area contributed by atoms with Crippen molar-refractivity contribution < 1.29 is 9.53 Å². The molecule has 0 aliphatic carbocycles. The van der Waals surface area contributed by atoms with Gasteiger partial charge in [-0.25, -0.2) is 0 Å². The van der Waals surface area contributed by atoms with Gasteiger partial charge in [0.2, 0.25) is 5.91 Å². The highest BCUT2D eigenvalue weighted by Crippen LogP contribution is 2.09. The van der Waals surface area contributed by atoms with Crippen LogP contribution in [0, 0.1) is 0 Å². The fourth-order valence-electron chi connectivity index (χ4n) is 0.780. The summed E-state index contributed by atoms with van der Waals surface area (Å²) < 4.78 is 5.36. The van der Waals surface area contributed by atoms with Crippen molar-refractivity contribution in [2.45, 2.75) is 26.4 Å². The predicted octanol–water partition coefficient (Wildman–Crippen LogP) is 1.10. The summed E-state index contributed by atoms with van der Waals surface area (Å²) in [4.78, 5) is 10.8. The van der Waals surface area contributed by atoms with Crippen molar-refractivity contribution in [3.05, 3.63) is 12.2 Å². The van der Waals surface area contributed by atoms with E-state index >= 15 is 0 Å². The van der Waals surface area contributed by atoms with Gasteiger partial charge in [0.25, 0.3) is 0 Å². The molecular formula is C9H17NO2. The van der Waals surface area contributed by atoms with Crippen molar-refractivity contribution in [3.8, 4) is 0 Å². The second-order valence-corrected chi connectivity index (χ2v) is 2.98. The molecule has 1 amide bonds. The molecule has 0 saturated heterocycles. The summed E-state index contributed by atoms with van der Waals surface area (Å²) in [5, 5.41) is 2.50. The highest BCUT2D eigenvalue weighted by molar-refractivity contribution is 5.87. The van der Waals surface area contributed by atoms with Crippen LogP contribution in [0.3, 0.4) is 0 Å². The van der Waals surface area contributed by atoms with Gasteiger partial charge in [-0.1, -0.05) is 0 Å². The number of carbonyl (C=O) groups is 1. The molecule has 0 aromatic carbocycles. The van der Waals surface area contributed by atoms with Crippen molar-refractivity contribution in [1.29, 1.82) is 0 Å². The van der Waals surface area contributed by atoms with Crippen LogP contribution in [0.25, 0.3) is 0 Å². The van der Waals surface area contributed by atoms with Gasteiger partial charge >= 0.3 is 0 Å². The Morgan fingerprint density at radius 3 is 2.58 bits per heavy atom. The standard InChI is InChI=1S/C9H17NO2/c1-5-12-9(2,3)7-6-8(11)10-4/h6-7H,5H2,1-4H3,(H,10,11)/b7-6+. The molecule has 0 aliphatic heterocycles. The first-order chi connectivity index (χ1) is 5.52. The second-order valence-electron chi connectivity index (χ2n) is 2.98. The number of hydrogen-bond donors (Lipinski definition) is 1. The first-order valence-corrected chi connectivity index (χ1v) is 4.06. The lowest BCUT2D eigenvalue weighted by atomic mass is 10.1. The van der Waals surface area contributed by atoms with E-state index < -0.39 is 0 Å². The van der Waals surface area contributed by atoms with E-state index in [9.17, 15) is 4.79 Å². The lowest BCUT2D eigenvalue weighted by Gasteiger charge is -2.19. The lowest BCUT2D eigenvalue weighted by Crippen LogP contribution is -2.23. The van der Waals surface area contributed by atoms with Crippen LogP contribution >= 0.6 is 0 Å². The van der Waals surface area contributed by atoms with Crippen LogP contribution in [0.1, 0.15) is 20.8 Å². The van der Waals surface area contributed by atoms with Gasteiger partial charge in [-0.2, -0.15) is 0 Å². The van der Waals surface area contributed by atoms with Gasteiger partial charge in [-0.3, -0.25) is 4.79 Å². The highest BCUT2D eigenvalue weighted by Gasteiger charge is 2.12. The number of amides is 1. The zero-order valence-electron chi connectivity index (χ0n) is 8.18. The van der Waals surface area contributed by atoms with Gasteiger partial charge in [0.15, 0.2) is 0 Å². The van der Waals surface area contributed by atoms with Crippen molar-refractivity contribution in [2.75, 3.05) is 13.7 Å². The summed E-state index contributed by atoms with van der Waals surface area (Å²) in [5.74, 6) is -0.109. The average molecular weight is 171 g/mol. The predicted molar refractivity (Wildman–Crippen MR) is 48.9 cm³/mol. The topological polar surface area (TPSA) is 38.3 Å². The number of likely N-dealkylation sites (N-methyl/N-ethyl adjacent to an activating group) is 1. The van der Waals surface area contributed by atoms with Gasteiger partial charge in [0, 0.05) is 19.7 Å². The zero-order chi connectivity index (χ0) is 9.61. The zero-order valence-corrected chi connectivity index (χ0v) is 8.18. The van der Waals surface area contributed by atoms with Gasteiger partial charge < -0.3 is 10.1 Å². The highest BCUT2D eigenvalue weighted by atomic mass is 16.5. The van der Waals surface area contributed by atoms with E-state index in [1.807, 2.05) is 20.8 Å². The van der Waals surface area contributed by atoms with Crippen molar-refractivity contribution in [3.63, 3.8) is 0 Å². The summed E-state index contributed by atoms with van der Waals surface area (Å²) in [6.45, 7) is 6.40. The molecule has 3 heteroatoms. The molecule has 0 fully saturated rings. The first-order valence-electron chi connectivity index (χ1n) is 4.06. The van der Waals surface area contributed by atoms with E-state index in [0.717, 1.165) is 0 Å².